The second-order valence-electron chi connectivity index (χ2n) is 11.0. The van der Waals surface area contributed by atoms with Crippen LogP contribution >= 0.6 is 0 Å². The van der Waals surface area contributed by atoms with Gasteiger partial charge in [0.15, 0.2) is 5.79 Å². The second-order valence-corrected chi connectivity index (χ2v) is 11.0. The Balaban J connectivity index is 1.31. The minimum absolute atomic E-state index is 0.0880. The molecule has 1 heterocycles. The average molecular weight is 387 g/mol. The van der Waals surface area contributed by atoms with Crippen LogP contribution in [0.25, 0.3) is 0 Å². The lowest BCUT2D eigenvalue weighted by Gasteiger charge is -2.59. The second kappa shape index (κ2) is 5.63. The maximum absolute atomic E-state index is 11.4. The Morgan fingerprint density at radius 3 is 2.64 bits per heavy atom. The van der Waals surface area contributed by atoms with Crippen molar-refractivity contribution in [1.29, 1.82) is 0 Å². The number of allylic oxidation sites excluding steroid dienone is 1. The molecule has 0 aromatic carbocycles. The number of rotatable bonds is 1. The van der Waals surface area contributed by atoms with Gasteiger partial charge in [-0.1, -0.05) is 25.5 Å². The van der Waals surface area contributed by atoms with Crippen molar-refractivity contribution in [3.05, 3.63) is 11.6 Å². The van der Waals surface area contributed by atoms with E-state index in [-0.39, 0.29) is 23.3 Å². The zero-order chi connectivity index (χ0) is 19.3. The fourth-order valence-electron chi connectivity index (χ4n) is 8.86. The SMILES string of the molecule is CC(=O)O[C@H]1CC[C@@]2(C)C(=CC[C@H]3[C@@H]4[C@@H]5C[C@@H]5C5(OCCO5)[C@@]4(C)CC[C@@H]32)C1. The zero-order valence-electron chi connectivity index (χ0n) is 17.5. The van der Waals surface area contributed by atoms with Crippen molar-refractivity contribution in [1.82, 2.24) is 0 Å². The molecule has 5 aliphatic carbocycles. The van der Waals surface area contributed by atoms with E-state index in [1.54, 1.807) is 5.57 Å². The van der Waals surface area contributed by atoms with Crippen molar-refractivity contribution >= 4 is 5.97 Å². The standard InChI is InChI=1S/C24H34O4/c1-14(25)28-16-6-8-22(2)15(12-16)4-5-17-19(22)7-9-23(3)21(17)18-13-20(18)24(23)26-10-11-27-24/h4,16-21H,5-13H2,1-3H3/t16-,17+,18+,19-,20-,21+,22-,23-/m0/s1. The highest BCUT2D eigenvalue weighted by molar-refractivity contribution is 5.66. The highest BCUT2D eigenvalue weighted by atomic mass is 16.7. The van der Waals surface area contributed by atoms with Crippen LogP contribution in [0.3, 0.4) is 0 Å². The molecule has 0 aromatic rings. The number of carbonyl (C=O) groups is 1. The van der Waals surface area contributed by atoms with Gasteiger partial charge in [0.25, 0.3) is 0 Å². The Hall–Kier alpha value is -0.870. The molecule has 0 amide bonds. The van der Waals surface area contributed by atoms with Crippen molar-refractivity contribution in [2.45, 2.75) is 77.6 Å². The molecule has 8 atom stereocenters. The van der Waals surface area contributed by atoms with E-state index >= 15 is 0 Å². The van der Waals surface area contributed by atoms with Crippen molar-refractivity contribution in [3.8, 4) is 0 Å². The van der Waals surface area contributed by atoms with Gasteiger partial charge in [0, 0.05) is 24.7 Å². The van der Waals surface area contributed by atoms with E-state index in [0.29, 0.717) is 11.3 Å². The number of esters is 1. The lowest BCUT2D eigenvalue weighted by atomic mass is 9.47. The van der Waals surface area contributed by atoms with Crippen LogP contribution < -0.4 is 0 Å². The summed E-state index contributed by atoms with van der Waals surface area (Å²) in [4.78, 5) is 11.4. The van der Waals surface area contributed by atoms with Gasteiger partial charge in [-0.05, 0) is 67.6 Å². The third-order valence-corrected chi connectivity index (χ3v) is 9.94. The smallest absolute Gasteiger partial charge is 0.302 e. The van der Waals surface area contributed by atoms with Crippen LogP contribution in [0, 0.1) is 40.4 Å². The molecule has 6 rings (SSSR count). The summed E-state index contributed by atoms with van der Waals surface area (Å²) in [5.41, 5.74) is 2.05. The molecule has 0 bridgehead atoms. The molecule has 0 unspecified atom stereocenters. The van der Waals surface area contributed by atoms with Gasteiger partial charge >= 0.3 is 5.97 Å². The van der Waals surface area contributed by atoms with Gasteiger partial charge in [0.2, 0.25) is 0 Å². The monoisotopic (exact) mass is 386 g/mol. The first-order valence-electron chi connectivity index (χ1n) is 11.5. The van der Waals surface area contributed by atoms with E-state index in [0.717, 1.165) is 56.1 Å². The summed E-state index contributed by atoms with van der Waals surface area (Å²) in [6, 6.07) is 0. The molecular formula is C24H34O4. The van der Waals surface area contributed by atoms with E-state index in [4.69, 9.17) is 14.2 Å². The molecule has 154 valence electrons. The Labute approximate surface area is 168 Å². The van der Waals surface area contributed by atoms with Crippen LogP contribution in [-0.2, 0) is 19.0 Å². The van der Waals surface area contributed by atoms with Gasteiger partial charge in [-0.3, -0.25) is 4.79 Å². The third kappa shape index (κ3) is 2.07. The van der Waals surface area contributed by atoms with Gasteiger partial charge in [-0.2, -0.15) is 0 Å². The molecule has 1 aliphatic heterocycles. The van der Waals surface area contributed by atoms with Crippen molar-refractivity contribution in [2.24, 2.45) is 40.4 Å². The van der Waals surface area contributed by atoms with Gasteiger partial charge in [0.1, 0.15) is 6.10 Å². The largest absolute Gasteiger partial charge is 0.462 e. The summed E-state index contributed by atoms with van der Waals surface area (Å²) in [5.74, 6) is 3.32. The summed E-state index contributed by atoms with van der Waals surface area (Å²) in [6.45, 7) is 8.10. The molecule has 1 spiro atoms. The third-order valence-electron chi connectivity index (χ3n) is 9.94. The van der Waals surface area contributed by atoms with E-state index in [2.05, 4.69) is 19.9 Å². The van der Waals surface area contributed by atoms with Crippen LogP contribution in [0.1, 0.15) is 65.7 Å². The van der Waals surface area contributed by atoms with Crippen molar-refractivity contribution in [2.75, 3.05) is 13.2 Å². The Morgan fingerprint density at radius 2 is 1.89 bits per heavy atom. The Kier molecular flexibility index (Phi) is 3.61. The van der Waals surface area contributed by atoms with Crippen LogP contribution in [0.4, 0.5) is 0 Å². The molecule has 28 heavy (non-hydrogen) atoms. The lowest BCUT2D eigenvalue weighted by Crippen LogP contribution is -2.57. The van der Waals surface area contributed by atoms with Gasteiger partial charge in [-0.25, -0.2) is 0 Å². The molecule has 4 nitrogen and oxygen atoms in total. The first-order valence-corrected chi connectivity index (χ1v) is 11.5. The van der Waals surface area contributed by atoms with Crippen LogP contribution in [-0.4, -0.2) is 31.1 Å². The van der Waals surface area contributed by atoms with Crippen LogP contribution in [0.15, 0.2) is 11.6 Å². The molecule has 6 aliphatic rings. The van der Waals surface area contributed by atoms with Gasteiger partial charge < -0.3 is 14.2 Å². The van der Waals surface area contributed by atoms with E-state index in [1.807, 2.05) is 0 Å². The molecule has 5 fully saturated rings. The molecular weight excluding hydrogens is 352 g/mol. The molecule has 0 N–H and O–H groups in total. The van der Waals surface area contributed by atoms with Crippen molar-refractivity contribution in [3.63, 3.8) is 0 Å². The lowest BCUT2D eigenvalue weighted by molar-refractivity contribution is -0.260. The molecule has 1 saturated heterocycles. The number of carbonyl (C=O) groups excluding carboxylic acids is 1. The number of hydrogen-bond acceptors (Lipinski definition) is 4. The van der Waals surface area contributed by atoms with E-state index in [1.165, 1.54) is 32.6 Å². The van der Waals surface area contributed by atoms with E-state index < -0.39 is 0 Å². The number of ether oxygens (including phenoxy) is 3. The van der Waals surface area contributed by atoms with Crippen molar-refractivity contribution < 1.29 is 19.0 Å². The highest BCUT2D eigenvalue weighted by Gasteiger charge is 2.79. The van der Waals surface area contributed by atoms with Crippen LogP contribution in [0.5, 0.6) is 0 Å². The maximum Gasteiger partial charge on any atom is 0.302 e. The molecule has 4 heteroatoms. The quantitative estimate of drug-likeness (QED) is 0.492. The normalized spacial score (nSPS) is 52.9. The summed E-state index contributed by atoms with van der Waals surface area (Å²) < 4.78 is 18.4. The predicted molar refractivity (Wildman–Crippen MR) is 104 cm³/mol. The Bertz CT molecular complexity index is 737. The fourth-order valence-corrected chi connectivity index (χ4v) is 8.86. The van der Waals surface area contributed by atoms with Gasteiger partial charge in [-0.15, -0.1) is 0 Å². The van der Waals surface area contributed by atoms with Gasteiger partial charge in [0.05, 0.1) is 13.2 Å². The molecule has 4 saturated carbocycles. The average Bonchev–Trinajstić information content (AvgIpc) is 3.20. The first kappa shape index (κ1) is 17.9. The number of fused-ring (bicyclic) bond motifs is 9. The summed E-state index contributed by atoms with van der Waals surface area (Å²) >= 11 is 0. The summed E-state index contributed by atoms with van der Waals surface area (Å²) in [6.07, 6.45) is 10.8. The minimum atomic E-state index is -0.273. The number of hydrogen-bond donors (Lipinski definition) is 0. The fraction of sp³-hybridized carbons (Fsp3) is 0.875. The maximum atomic E-state index is 11.4. The molecule has 0 radical (unpaired) electrons. The zero-order valence-corrected chi connectivity index (χ0v) is 17.5. The van der Waals surface area contributed by atoms with E-state index in [9.17, 15) is 4.79 Å². The first-order chi connectivity index (χ1) is 13.4. The molecule has 0 aromatic heterocycles. The summed E-state index contributed by atoms with van der Waals surface area (Å²) in [7, 11) is 0. The Morgan fingerprint density at radius 1 is 1.11 bits per heavy atom. The topological polar surface area (TPSA) is 44.8 Å². The highest BCUT2D eigenvalue weighted by Crippen LogP contribution is 2.78. The van der Waals surface area contributed by atoms with Crippen LogP contribution in [0.2, 0.25) is 0 Å². The predicted octanol–water partition coefficient (Wildman–Crippen LogP) is 4.48. The summed E-state index contributed by atoms with van der Waals surface area (Å²) in [5, 5.41) is 0. The minimum Gasteiger partial charge on any atom is -0.462 e.